The van der Waals surface area contributed by atoms with Crippen LogP contribution in [0.1, 0.15) is 31.2 Å². The van der Waals surface area contributed by atoms with Crippen LogP contribution in [0.2, 0.25) is 5.02 Å². The van der Waals surface area contributed by atoms with Gasteiger partial charge in [-0.15, -0.1) is 0 Å². The molecule has 1 amide bonds. The number of aliphatic hydroxyl groups is 1. The van der Waals surface area contributed by atoms with Gasteiger partial charge in [0.05, 0.1) is 0 Å². The summed E-state index contributed by atoms with van der Waals surface area (Å²) in [5.41, 5.74) is 0.912. The van der Waals surface area contributed by atoms with Gasteiger partial charge < -0.3 is 14.7 Å². The minimum absolute atomic E-state index is 0.115. The Labute approximate surface area is 148 Å². The molecule has 0 spiro atoms. The molecule has 2 fully saturated rings. The minimum atomic E-state index is -0.169. The van der Waals surface area contributed by atoms with Gasteiger partial charge in [-0.25, -0.2) is 0 Å². The molecule has 0 aliphatic carbocycles. The van der Waals surface area contributed by atoms with Crippen molar-refractivity contribution in [3.63, 3.8) is 0 Å². The molecule has 2 heterocycles. The fourth-order valence-corrected chi connectivity index (χ4v) is 4.04. The Kier molecular flexibility index (Phi) is 5.80. The molecule has 0 bridgehead atoms. The summed E-state index contributed by atoms with van der Waals surface area (Å²) >= 11 is 6.29. The van der Waals surface area contributed by atoms with E-state index in [0.29, 0.717) is 13.2 Å². The predicted molar refractivity (Wildman–Crippen MR) is 94.0 cm³/mol. The van der Waals surface area contributed by atoms with E-state index in [1.165, 1.54) is 0 Å². The Morgan fingerprint density at radius 3 is 2.54 bits per heavy atom. The van der Waals surface area contributed by atoms with Crippen LogP contribution in [0, 0.1) is 11.3 Å². The lowest BCUT2D eigenvalue weighted by Gasteiger charge is -2.42. The van der Waals surface area contributed by atoms with Crippen LogP contribution in [-0.2, 0) is 16.0 Å². The molecule has 0 atom stereocenters. The number of hydrogen-bond acceptors (Lipinski definition) is 3. The van der Waals surface area contributed by atoms with Crippen molar-refractivity contribution < 1.29 is 14.6 Å². The van der Waals surface area contributed by atoms with Gasteiger partial charge in [0.25, 0.3) is 0 Å². The molecule has 0 aromatic heterocycles. The molecule has 2 aliphatic rings. The predicted octanol–water partition coefficient (Wildman–Crippen LogP) is 2.91. The van der Waals surface area contributed by atoms with Crippen molar-refractivity contribution >= 4 is 17.5 Å². The van der Waals surface area contributed by atoms with Gasteiger partial charge in [-0.2, -0.15) is 0 Å². The summed E-state index contributed by atoms with van der Waals surface area (Å²) < 4.78 is 5.35. The van der Waals surface area contributed by atoms with Crippen LogP contribution in [0.4, 0.5) is 0 Å². The standard InChI is InChI=1S/C19H26ClNO3/c20-17-4-2-1-3-16(17)13-19(14-22)7-9-21(10-8-19)18(23)15-5-11-24-12-6-15/h1-4,15,22H,5-14H2. The molecule has 5 heteroatoms. The van der Waals surface area contributed by atoms with Crippen molar-refractivity contribution in [1.29, 1.82) is 0 Å². The van der Waals surface area contributed by atoms with Crippen LogP contribution in [0.15, 0.2) is 24.3 Å². The Morgan fingerprint density at radius 2 is 1.92 bits per heavy atom. The third-order valence-electron chi connectivity index (χ3n) is 5.57. The highest BCUT2D eigenvalue weighted by Crippen LogP contribution is 2.37. The quantitative estimate of drug-likeness (QED) is 0.907. The molecular formula is C19H26ClNO3. The maximum atomic E-state index is 12.7. The second-order valence-electron chi connectivity index (χ2n) is 7.14. The van der Waals surface area contributed by atoms with E-state index in [4.69, 9.17) is 16.3 Å². The summed E-state index contributed by atoms with van der Waals surface area (Å²) in [6.07, 6.45) is 4.08. The maximum absolute atomic E-state index is 12.7. The first-order valence-electron chi connectivity index (χ1n) is 8.84. The zero-order valence-electron chi connectivity index (χ0n) is 14.0. The van der Waals surface area contributed by atoms with Crippen LogP contribution < -0.4 is 0 Å². The summed E-state index contributed by atoms with van der Waals surface area (Å²) in [6, 6.07) is 7.83. The molecule has 2 saturated heterocycles. The van der Waals surface area contributed by atoms with E-state index in [1.54, 1.807) is 0 Å². The van der Waals surface area contributed by atoms with Crippen LogP contribution in [0.5, 0.6) is 0 Å². The van der Waals surface area contributed by atoms with Crippen LogP contribution in [0.25, 0.3) is 0 Å². The number of carbonyl (C=O) groups excluding carboxylic acids is 1. The van der Waals surface area contributed by atoms with E-state index >= 15 is 0 Å². The molecule has 1 N–H and O–H groups in total. The van der Waals surface area contributed by atoms with Gasteiger partial charge >= 0.3 is 0 Å². The Morgan fingerprint density at radius 1 is 1.25 bits per heavy atom. The van der Waals surface area contributed by atoms with Crippen molar-refractivity contribution in [2.24, 2.45) is 11.3 Å². The number of benzene rings is 1. The van der Waals surface area contributed by atoms with E-state index in [1.807, 2.05) is 29.2 Å². The van der Waals surface area contributed by atoms with Gasteiger partial charge in [-0.05, 0) is 43.7 Å². The number of halogens is 1. The second kappa shape index (κ2) is 7.85. The van der Waals surface area contributed by atoms with E-state index in [2.05, 4.69) is 0 Å². The number of aliphatic hydroxyl groups excluding tert-OH is 1. The Bertz CT molecular complexity index is 563. The maximum Gasteiger partial charge on any atom is 0.225 e. The van der Waals surface area contributed by atoms with Gasteiger partial charge in [-0.1, -0.05) is 29.8 Å². The number of piperidine rings is 1. The second-order valence-corrected chi connectivity index (χ2v) is 7.55. The molecule has 0 radical (unpaired) electrons. The first-order chi connectivity index (χ1) is 11.6. The fraction of sp³-hybridized carbons (Fsp3) is 0.632. The molecule has 0 saturated carbocycles. The smallest absolute Gasteiger partial charge is 0.225 e. The zero-order chi connectivity index (χ0) is 17.0. The van der Waals surface area contributed by atoms with Crippen LogP contribution in [-0.4, -0.2) is 48.8 Å². The molecule has 3 rings (SSSR count). The summed E-state index contributed by atoms with van der Waals surface area (Å²) in [6.45, 7) is 2.97. The largest absolute Gasteiger partial charge is 0.396 e. The highest BCUT2D eigenvalue weighted by Gasteiger charge is 2.37. The highest BCUT2D eigenvalue weighted by atomic mass is 35.5. The average Bonchev–Trinajstić information content (AvgIpc) is 2.64. The van der Waals surface area contributed by atoms with Crippen molar-refractivity contribution in [1.82, 2.24) is 4.90 Å². The lowest BCUT2D eigenvalue weighted by molar-refractivity contribution is -0.141. The lowest BCUT2D eigenvalue weighted by atomic mass is 9.74. The monoisotopic (exact) mass is 351 g/mol. The summed E-state index contributed by atoms with van der Waals surface area (Å²) in [5.74, 6) is 0.381. The number of ether oxygens (including phenoxy) is 1. The SMILES string of the molecule is O=C(C1CCOCC1)N1CCC(CO)(Cc2ccccc2Cl)CC1. The van der Waals surface area contributed by atoms with Gasteiger partial charge in [0.1, 0.15) is 0 Å². The fourth-order valence-electron chi connectivity index (χ4n) is 3.84. The van der Waals surface area contributed by atoms with Gasteiger partial charge in [0, 0.05) is 49.3 Å². The molecule has 1 aromatic carbocycles. The van der Waals surface area contributed by atoms with Gasteiger partial charge in [0.15, 0.2) is 0 Å². The third-order valence-corrected chi connectivity index (χ3v) is 5.93. The van der Waals surface area contributed by atoms with E-state index in [-0.39, 0.29) is 23.8 Å². The Hall–Kier alpha value is -1.10. The molecule has 1 aromatic rings. The van der Waals surface area contributed by atoms with Crippen molar-refractivity contribution in [2.45, 2.75) is 32.1 Å². The summed E-state index contributed by atoms with van der Waals surface area (Å²) in [7, 11) is 0. The molecule has 24 heavy (non-hydrogen) atoms. The van der Waals surface area contributed by atoms with Crippen LogP contribution in [0.3, 0.4) is 0 Å². The van der Waals surface area contributed by atoms with E-state index in [0.717, 1.165) is 55.8 Å². The number of hydrogen-bond donors (Lipinski definition) is 1. The molecule has 4 nitrogen and oxygen atoms in total. The van der Waals surface area contributed by atoms with E-state index in [9.17, 15) is 9.90 Å². The minimum Gasteiger partial charge on any atom is -0.396 e. The first kappa shape index (κ1) is 17.7. The number of rotatable bonds is 4. The summed E-state index contributed by atoms with van der Waals surface area (Å²) in [4.78, 5) is 14.6. The number of carbonyl (C=O) groups is 1. The van der Waals surface area contributed by atoms with Crippen molar-refractivity contribution in [2.75, 3.05) is 32.9 Å². The topological polar surface area (TPSA) is 49.8 Å². The lowest BCUT2D eigenvalue weighted by Crippen LogP contribution is -2.48. The molecule has 132 valence electrons. The van der Waals surface area contributed by atoms with Gasteiger partial charge in [-0.3, -0.25) is 4.79 Å². The number of nitrogens with zero attached hydrogens (tertiary/aromatic N) is 1. The van der Waals surface area contributed by atoms with Crippen LogP contribution >= 0.6 is 11.6 Å². The molecule has 0 unspecified atom stereocenters. The third kappa shape index (κ3) is 3.93. The van der Waals surface area contributed by atoms with Gasteiger partial charge in [0.2, 0.25) is 5.91 Å². The normalized spacial score (nSPS) is 21.7. The first-order valence-corrected chi connectivity index (χ1v) is 9.22. The molecular weight excluding hydrogens is 326 g/mol. The van der Waals surface area contributed by atoms with Crippen molar-refractivity contribution in [3.05, 3.63) is 34.9 Å². The zero-order valence-corrected chi connectivity index (χ0v) is 14.8. The summed E-state index contributed by atoms with van der Waals surface area (Å²) in [5, 5.41) is 10.8. The van der Waals surface area contributed by atoms with Crippen molar-refractivity contribution in [3.8, 4) is 0 Å². The average molecular weight is 352 g/mol. The number of likely N-dealkylation sites (tertiary alicyclic amines) is 1. The molecule has 2 aliphatic heterocycles. The van der Waals surface area contributed by atoms with E-state index < -0.39 is 0 Å². The highest BCUT2D eigenvalue weighted by molar-refractivity contribution is 6.31. The Balaban J connectivity index is 1.61. The number of amides is 1.